The summed E-state index contributed by atoms with van der Waals surface area (Å²) < 4.78 is 12.3. The molecule has 0 spiro atoms. The Bertz CT molecular complexity index is 537. The van der Waals surface area contributed by atoms with E-state index >= 15 is 0 Å². The fourth-order valence-corrected chi connectivity index (χ4v) is 2.65. The summed E-state index contributed by atoms with van der Waals surface area (Å²) in [6.07, 6.45) is 1.42. The number of hydrogen-bond donors (Lipinski definition) is 1. The number of benzene rings is 1. The Labute approximate surface area is 140 Å². The van der Waals surface area contributed by atoms with Crippen molar-refractivity contribution in [2.75, 3.05) is 0 Å². The van der Waals surface area contributed by atoms with E-state index in [1.54, 1.807) is 0 Å². The Kier molecular flexibility index (Phi) is 5.05. The van der Waals surface area contributed by atoms with Crippen LogP contribution >= 0.6 is 15.9 Å². The molecule has 0 bridgehead atoms. The fourth-order valence-electron chi connectivity index (χ4n) is 2.42. The van der Waals surface area contributed by atoms with Crippen molar-refractivity contribution >= 4 is 22.0 Å². The summed E-state index contributed by atoms with van der Waals surface area (Å²) in [5.41, 5.74) is 1.87. The Morgan fingerprint density at radius 3 is 2.27 bits per heavy atom. The van der Waals surface area contributed by atoms with Crippen LogP contribution in [0, 0.1) is 13.8 Å². The van der Waals surface area contributed by atoms with E-state index < -0.39 is 5.60 Å². The van der Waals surface area contributed by atoms with Crippen molar-refractivity contribution in [3.63, 3.8) is 0 Å². The highest BCUT2D eigenvalue weighted by atomic mass is 79.9. The van der Waals surface area contributed by atoms with Gasteiger partial charge >= 0.3 is 6.09 Å². The highest BCUT2D eigenvalue weighted by molar-refractivity contribution is 9.10. The van der Waals surface area contributed by atoms with Crippen molar-refractivity contribution in [3.8, 4) is 5.75 Å². The van der Waals surface area contributed by atoms with E-state index in [4.69, 9.17) is 9.47 Å². The van der Waals surface area contributed by atoms with Crippen LogP contribution in [0.2, 0.25) is 0 Å². The maximum atomic E-state index is 11.7. The molecule has 122 valence electrons. The normalized spacial score (nSPS) is 21.0. The molecule has 1 amide bonds. The molecule has 0 atom stereocenters. The maximum Gasteiger partial charge on any atom is 0.407 e. The number of ether oxygens (including phenoxy) is 2. The van der Waals surface area contributed by atoms with Gasteiger partial charge in [0.1, 0.15) is 17.5 Å². The van der Waals surface area contributed by atoms with E-state index in [1.165, 1.54) is 0 Å². The maximum absolute atomic E-state index is 11.7. The Balaban J connectivity index is 1.79. The van der Waals surface area contributed by atoms with Gasteiger partial charge in [-0.2, -0.15) is 0 Å². The number of halogens is 1. The molecular formula is C17H24BrNO3. The minimum atomic E-state index is -0.462. The first-order valence-electron chi connectivity index (χ1n) is 7.57. The van der Waals surface area contributed by atoms with E-state index in [-0.39, 0.29) is 18.2 Å². The summed E-state index contributed by atoms with van der Waals surface area (Å²) >= 11 is 3.55. The van der Waals surface area contributed by atoms with Gasteiger partial charge in [0.25, 0.3) is 0 Å². The number of carbonyl (C=O) groups excluding carboxylic acids is 1. The molecule has 0 aromatic heterocycles. The van der Waals surface area contributed by atoms with Gasteiger partial charge < -0.3 is 14.8 Å². The number of aryl methyl sites for hydroxylation is 2. The van der Waals surface area contributed by atoms with E-state index in [9.17, 15) is 4.79 Å². The van der Waals surface area contributed by atoms with Gasteiger partial charge in [0.05, 0.1) is 0 Å². The predicted molar refractivity (Wildman–Crippen MR) is 90.4 cm³/mol. The van der Waals surface area contributed by atoms with Crippen LogP contribution in [-0.2, 0) is 4.74 Å². The third kappa shape index (κ3) is 4.63. The van der Waals surface area contributed by atoms with Gasteiger partial charge in [0.2, 0.25) is 0 Å². The van der Waals surface area contributed by atoms with Crippen LogP contribution in [0.15, 0.2) is 16.6 Å². The van der Waals surface area contributed by atoms with Gasteiger partial charge in [-0.25, -0.2) is 4.79 Å². The summed E-state index contributed by atoms with van der Waals surface area (Å²) in [5.74, 6) is 0.888. The summed E-state index contributed by atoms with van der Waals surface area (Å²) in [6, 6.07) is 4.20. The summed E-state index contributed by atoms with van der Waals surface area (Å²) in [6.45, 7) is 9.68. The second-order valence-corrected chi connectivity index (χ2v) is 7.72. The Morgan fingerprint density at radius 2 is 1.77 bits per heavy atom. The van der Waals surface area contributed by atoms with E-state index in [1.807, 2.05) is 32.9 Å². The van der Waals surface area contributed by atoms with Gasteiger partial charge in [0, 0.05) is 23.4 Å². The zero-order chi connectivity index (χ0) is 16.5. The molecule has 0 heterocycles. The Morgan fingerprint density at radius 1 is 1.23 bits per heavy atom. The van der Waals surface area contributed by atoms with Gasteiger partial charge in [-0.3, -0.25) is 0 Å². The predicted octanol–water partition coefficient (Wildman–Crippen LogP) is 4.50. The molecule has 0 radical (unpaired) electrons. The van der Waals surface area contributed by atoms with Crippen molar-refractivity contribution in [1.82, 2.24) is 5.32 Å². The molecule has 1 fully saturated rings. The average Bonchev–Trinajstić information content (AvgIpc) is 2.30. The first-order valence-corrected chi connectivity index (χ1v) is 8.36. The summed E-state index contributed by atoms with van der Waals surface area (Å²) in [7, 11) is 0. The highest BCUT2D eigenvalue weighted by Gasteiger charge is 2.33. The second-order valence-electron chi connectivity index (χ2n) is 6.93. The minimum Gasteiger partial charge on any atom is -0.490 e. The molecule has 1 aromatic rings. The molecule has 1 N–H and O–H groups in total. The Hall–Kier alpha value is -1.23. The molecule has 22 heavy (non-hydrogen) atoms. The molecule has 0 unspecified atom stereocenters. The van der Waals surface area contributed by atoms with Crippen LogP contribution in [0.5, 0.6) is 5.75 Å². The van der Waals surface area contributed by atoms with Crippen molar-refractivity contribution in [3.05, 3.63) is 27.7 Å². The van der Waals surface area contributed by atoms with Crippen LogP contribution in [0.3, 0.4) is 0 Å². The van der Waals surface area contributed by atoms with Crippen molar-refractivity contribution in [1.29, 1.82) is 0 Å². The van der Waals surface area contributed by atoms with E-state index in [2.05, 4.69) is 35.1 Å². The van der Waals surface area contributed by atoms with Crippen molar-refractivity contribution in [2.45, 2.75) is 65.2 Å². The highest BCUT2D eigenvalue weighted by Crippen LogP contribution is 2.30. The van der Waals surface area contributed by atoms with Crippen LogP contribution < -0.4 is 10.1 Å². The van der Waals surface area contributed by atoms with E-state index in [0.29, 0.717) is 0 Å². The fraction of sp³-hybridized carbons (Fsp3) is 0.588. The molecule has 4 nitrogen and oxygen atoms in total. The van der Waals surface area contributed by atoms with Gasteiger partial charge in [-0.15, -0.1) is 0 Å². The second kappa shape index (κ2) is 6.49. The molecule has 1 aromatic carbocycles. The van der Waals surface area contributed by atoms with Crippen LogP contribution in [0.4, 0.5) is 4.79 Å². The number of rotatable bonds is 3. The standard InChI is InChI=1S/C17H24BrNO3/c1-10-6-13(7-11(2)15(10)18)21-14-8-12(9-14)19-16(20)22-17(3,4)5/h6-7,12,14H,8-9H2,1-5H3,(H,19,20). The first-order chi connectivity index (χ1) is 10.1. The quantitative estimate of drug-likeness (QED) is 0.852. The SMILES string of the molecule is Cc1cc(OC2CC(NC(=O)OC(C)(C)C)C2)cc(C)c1Br. The lowest BCUT2D eigenvalue weighted by atomic mass is 9.89. The summed E-state index contributed by atoms with van der Waals surface area (Å²) in [4.78, 5) is 11.7. The third-order valence-electron chi connectivity index (χ3n) is 3.53. The number of carbonyl (C=O) groups is 1. The monoisotopic (exact) mass is 369 g/mol. The lowest BCUT2D eigenvalue weighted by Gasteiger charge is -2.36. The number of alkyl carbamates (subject to hydrolysis) is 1. The topological polar surface area (TPSA) is 47.6 Å². The smallest absolute Gasteiger partial charge is 0.407 e. The minimum absolute atomic E-state index is 0.137. The van der Waals surface area contributed by atoms with E-state index in [0.717, 1.165) is 34.2 Å². The van der Waals surface area contributed by atoms with Crippen molar-refractivity contribution < 1.29 is 14.3 Å². The lowest BCUT2D eigenvalue weighted by Crippen LogP contribution is -2.50. The number of nitrogens with one attached hydrogen (secondary N) is 1. The largest absolute Gasteiger partial charge is 0.490 e. The molecular weight excluding hydrogens is 346 g/mol. The average molecular weight is 370 g/mol. The van der Waals surface area contributed by atoms with Gasteiger partial charge in [-0.1, -0.05) is 15.9 Å². The zero-order valence-corrected chi connectivity index (χ0v) is 15.4. The van der Waals surface area contributed by atoms with Gasteiger partial charge in [0.15, 0.2) is 0 Å². The van der Waals surface area contributed by atoms with Gasteiger partial charge in [-0.05, 0) is 57.9 Å². The number of amides is 1. The molecule has 0 aliphatic heterocycles. The molecule has 1 saturated carbocycles. The van der Waals surface area contributed by atoms with Crippen LogP contribution in [0.1, 0.15) is 44.7 Å². The first kappa shape index (κ1) is 17.1. The molecule has 1 aliphatic rings. The molecule has 1 aliphatic carbocycles. The third-order valence-corrected chi connectivity index (χ3v) is 4.78. The summed E-state index contributed by atoms with van der Waals surface area (Å²) in [5, 5.41) is 2.87. The lowest BCUT2D eigenvalue weighted by molar-refractivity contribution is 0.0363. The molecule has 2 rings (SSSR count). The number of hydrogen-bond acceptors (Lipinski definition) is 3. The zero-order valence-electron chi connectivity index (χ0n) is 13.8. The van der Waals surface area contributed by atoms with Crippen LogP contribution in [-0.4, -0.2) is 23.8 Å². The van der Waals surface area contributed by atoms with Crippen molar-refractivity contribution in [2.24, 2.45) is 0 Å². The van der Waals surface area contributed by atoms with Crippen LogP contribution in [0.25, 0.3) is 0 Å². The molecule has 5 heteroatoms. The molecule has 0 saturated heterocycles.